The first kappa shape index (κ1) is 13.6. The van der Waals surface area contributed by atoms with Gasteiger partial charge in [0.2, 0.25) is 0 Å². The quantitative estimate of drug-likeness (QED) is 0.465. The zero-order valence-corrected chi connectivity index (χ0v) is 9.81. The summed E-state index contributed by atoms with van der Waals surface area (Å²) in [6.45, 7) is 2.35. The van der Waals surface area contributed by atoms with E-state index < -0.39 is 24.5 Å². The Bertz CT molecular complexity index is 240. The van der Waals surface area contributed by atoms with E-state index in [1.54, 1.807) is 0 Å². The molecule has 0 spiro atoms. The van der Waals surface area contributed by atoms with Gasteiger partial charge < -0.3 is 30.1 Å². The lowest BCUT2D eigenvalue weighted by Crippen LogP contribution is -2.58. The molecule has 4 N–H and O–H groups in total. The van der Waals surface area contributed by atoms with Crippen molar-refractivity contribution in [2.45, 2.75) is 37.9 Å². The Morgan fingerprint density at radius 1 is 1.44 bits per heavy atom. The molecular formula is C9H17NO5S. The first-order chi connectivity index (χ1) is 7.56. The van der Waals surface area contributed by atoms with Gasteiger partial charge in [0.1, 0.15) is 18.3 Å². The number of hydrogen-bond acceptors (Lipinski definition) is 6. The van der Waals surface area contributed by atoms with Gasteiger partial charge in [0.25, 0.3) is 5.17 Å². The molecule has 1 fully saturated rings. The van der Waals surface area contributed by atoms with Crippen LogP contribution in [0.2, 0.25) is 0 Å². The van der Waals surface area contributed by atoms with Crippen molar-refractivity contribution >= 4 is 17.4 Å². The number of rotatable bonds is 3. The van der Waals surface area contributed by atoms with Crippen LogP contribution in [-0.2, 0) is 9.47 Å². The standard InChI is InChI=1S/C9H17NO5S/c1-2-3-14-9(16)10-8-7(13)6(12)5(11)4-15-8/h5-8,11-13H,2-4H2,1H3,(H,10,16). The second kappa shape index (κ2) is 6.31. The van der Waals surface area contributed by atoms with E-state index in [1.165, 1.54) is 0 Å². The second-order valence-electron chi connectivity index (χ2n) is 3.58. The number of aliphatic hydroxyl groups excluding tert-OH is 3. The van der Waals surface area contributed by atoms with Gasteiger partial charge in [0.05, 0.1) is 13.2 Å². The van der Waals surface area contributed by atoms with Gasteiger partial charge in [-0.05, 0) is 18.6 Å². The Kier molecular flexibility index (Phi) is 5.36. The van der Waals surface area contributed by atoms with E-state index in [-0.39, 0.29) is 11.8 Å². The Balaban J connectivity index is 2.39. The third-order valence-electron chi connectivity index (χ3n) is 2.20. The highest BCUT2D eigenvalue weighted by Gasteiger charge is 2.37. The first-order valence-electron chi connectivity index (χ1n) is 5.15. The average molecular weight is 251 g/mol. The van der Waals surface area contributed by atoms with Gasteiger partial charge in [-0.15, -0.1) is 0 Å². The molecule has 1 aliphatic rings. The number of thiocarbonyl (C=S) groups is 1. The summed E-state index contributed by atoms with van der Waals surface area (Å²) in [5.74, 6) is 0. The highest BCUT2D eigenvalue weighted by molar-refractivity contribution is 7.80. The fourth-order valence-electron chi connectivity index (χ4n) is 1.29. The summed E-state index contributed by atoms with van der Waals surface area (Å²) in [4.78, 5) is 0. The Morgan fingerprint density at radius 3 is 2.75 bits per heavy atom. The lowest BCUT2D eigenvalue weighted by molar-refractivity contribution is -0.191. The largest absolute Gasteiger partial charge is 0.471 e. The van der Waals surface area contributed by atoms with Gasteiger partial charge in [0.15, 0.2) is 6.23 Å². The molecule has 4 atom stereocenters. The van der Waals surface area contributed by atoms with Crippen molar-refractivity contribution in [2.24, 2.45) is 0 Å². The number of ether oxygens (including phenoxy) is 2. The van der Waals surface area contributed by atoms with Crippen LogP contribution in [0.25, 0.3) is 0 Å². The van der Waals surface area contributed by atoms with Gasteiger partial charge in [-0.3, -0.25) is 0 Å². The molecule has 0 aromatic rings. The molecule has 0 aliphatic carbocycles. The molecule has 1 aliphatic heterocycles. The van der Waals surface area contributed by atoms with Crippen molar-refractivity contribution in [3.05, 3.63) is 0 Å². The van der Waals surface area contributed by atoms with Gasteiger partial charge in [0, 0.05) is 0 Å². The molecule has 0 amide bonds. The molecule has 1 heterocycles. The molecule has 4 unspecified atom stereocenters. The highest BCUT2D eigenvalue weighted by Crippen LogP contribution is 2.13. The van der Waals surface area contributed by atoms with Crippen molar-refractivity contribution in [1.29, 1.82) is 0 Å². The van der Waals surface area contributed by atoms with Crippen LogP contribution in [0, 0.1) is 0 Å². The molecule has 0 bridgehead atoms. The Labute approximate surface area is 99.2 Å². The predicted octanol–water partition coefficient (Wildman–Crippen LogP) is -1.27. The monoisotopic (exact) mass is 251 g/mol. The SMILES string of the molecule is CCCOC(=S)NC1OCC(O)C(O)C1O. The third kappa shape index (κ3) is 3.53. The predicted molar refractivity (Wildman–Crippen MR) is 59.7 cm³/mol. The van der Waals surface area contributed by atoms with Crippen molar-refractivity contribution in [3.8, 4) is 0 Å². The molecule has 0 radical (unpaired) electrons. The highest BCUT2D eigenvalue weighted by atomic mass is 32.1. The molecule has 7 heteroatoms. The van der Waals surface area contributed by atoms with E-state index in [1.807, 2.05) is 6.92 Å². The Morgan fingerprint density at radius 2 is 2.12 bits per heavy atom. The van der Waals surface area contributed by atoms with Gasteiger partial charge in [-0.25, -0.2) is 0 Å². The van der Waals surface area contributed by atoms with Crippen molar-refractivity contribution in [2.75, 3.05) is 13.2 Å². The summed E-state index contributed by atoms with van der Waals surface area (Å²) in [5, 5.41) is 30.9. The maximum absolute atomic E-state index is 9.57. The Hall–Kier alpha value is -0.470. The number of nitrogens with one attached hydrogen (secondary N) is 1. The minimum atomic E-state index is -1.25. The second-order valence-corrected chi connectivity index (χ2v) is 3.95. The van der Waals surface area contributed by atoms with Crippen LogP contribution in [0.5, 0.6) is 0 Å². The maximum atomic E-state index is 9.57. The summed E-state index contributed by atoms with van der Waals surface area (Å²) >= 11 is 4.85. The van der Waals surface area contributed by atoms with Crippen molar-refractivity contribution in [3.63, 3.8) is 0 Å². The molecule has 0 aromatic heterocycles. The molecule has 16 heavy (non-hydrogen) atoms. The summed E-state index contributed by atoms with van der Waals surface area (Å²) < 4.78 is 10.2. The van der Waals surface area contributed by atoms with Crippen LogP contribution >= 0.6 is 12.2 Å². The number of aliphatic hydroxyl groups is 3. The van der Waals surface area contributed by atoms with Gasteiger partial charge in [-0.1, -0.05) is 6.92 Å². The molecular weight excluding hydrogens is 234 g/mol. The van der Waals surface area contributed by atoms with E-state index in [4.69, 9.17) is 21.7 Å². The average Bonchev–Trinajstić information content (AvgIpc) is 2.27. The lowest BCUT2D eigenvalue weighted by Gasteiger charge is -2.35. The fraction of sp³-hybridized carbons (Fsp3) is 0.889. The van der Waals surface area contributed by atoms with Crippen LogP contribution in [-0.4, -0.2) is 58.2 Å². The van der Waals surface area contributed by atoms with Crippen molar-refractivity contribution < 1.29 is 24.8 Å². The van der Waals surface area contributed by atoms with E-state index >= 15 is 0 Å². The minimum absolute atomic E-state index is 0.0632. The summed E-state index contributed by atoms with van der Waals surface area (Å²) in [7, 11) is 0. The summed E-state index contributed by atoms with van der Waals surface area (Å²) in [6.07, 6.45) is -3.62. The van der Waals surface area contributed by atoms with Crippen LogP contribution in [0.4, 0.5) is 0 Å². The molecule has 0 aromatic carbocycles. The summed E-state index contributed by atoms with van der Waals surface area (Å²) in [5.41, 5.74) is 0. The molecule has 1 saturated heterocycles. The van der Waals surface area contributed by atoms with Crippen LogP contribution in [0.15, 0.2) is 0 Å². The van der Waals surface area contributed by atoms with E-state index in [0.29, 0.717) is 6.61 Å². The number of hydrogen-bond donors (Lipinski definition) is 4. The van der Waals surface area contributed by atoms with E-state index in [2.05, 4.69) is 5.32 Å². The maximum Gasteiger partial charge on any atom is 0.258 e. The van der Waals surface area contributed by atoms with Gasteiger partial charge >= 0.3 is 0 Å². The van der Waals surface area contributed by atoms with Gasteiger partial charge in [-0.2, -0.15) is 0 Å². The minimum Gasteiger partial charge on any atom is -0.471 e. The normalized spacial score (nSPS) is 34.5. The molecule has 0 saturated carbocycles. The van der Waals surface area contributed by atoms with Crippen LogP contribution < -0.4 is 5.32 Å². The summed E-state index contributed by atoms with van der Waals surface area (Å²) in [6, 6.07) is 0. The molecule has 94 valence electrons. The van der Waals surface area contributed by atoms with Crippen molar-refractivity contribution in [1.82, 2.24) is 5.32 Å². The smallest absolute Gasteiger partial charge is 0.258 e. The molecule has 6 nitrogen and oxygen atoms in total. The molecule has 1 rings (SSSR count). The fourth-order valence-corrected chi connectivity index (χ4v) is 1.49. The first-order valence-corrected chi connectivity index (χ1v) is 5.56. The van der Waals surface area contributed by atoms with Crippen LogP contribution in [0.1, 0.15) is 13.3 Å². The van der Waals surface area contributed by atoms with Crippen LogP contribution in [0.3, 0.4) is 0 Å². The third-order valence-corrected chi connectivity index (χ3v) is 2.43. The van der Waals surface area contributed by atoms with E-state index in [9.17, 15) is 15.3 Å². The topological polar surface area (TPSA) is 91.2 Å². The lowest BCUT2D eigenvalue weighted by atomic mass is 10.0. The zero-order valence-electron chi connectivity index (χ0n) is 9.00. The zero-order chi connectivity index (χ0) is 12.1. The van der Waals surface area contributed by atoms with E-state index in [0.717, 1.165) is 6.42 Å².